The first-order chi connectivity index (χ1) is 9.72. The van der Waals surface area contributed by atoms with Gasteiger partial charge in [-0.1, -0.05) is 17.3 Å². The maximum Gasteiger partial charge on any atom is 0.226 e. The van der Waals surface area contributed by atoms with Crippen molar-refractivity contribution in [2.75, 3.05) is 0 Å². The molecule has 0 saturated heterocycles. The van der Waals surface area contributed by atoms with E-state index in [1.807, 2.05) is 31.2 Å². The van der Waals surface area contributed by atoms with Crippen LogP contribution in [0.3, 0.4) is 0 Å². The molecular formula is C14H13N3O2S. The molecule has 0 aliphatic carbocycles. The fourth-order valence-corrected chi connectivity index (χ4v) is 2.69. The predicted molar refractivity (Wildman–Crippen MR) is 76.4 cm³/mol. The number of amides is 1. The lowest BCUT2D eigenvalue weighted by Crippen LogP contribution is -2.24. The van der Waals surface area contributed by atoms with Gasteiger partial charge >= 0.3 is 0 Å². The van der Waals surface area contributed by atoms with Crippen LogP contribution >= 0.6 is 11.3 Å². The first-order valence-electron chi connectivity index (χ1n) is 6.23. The van der Waals surface area contributed by atoms with Crippen LogP contribution in [0.25, 0.3) is 11.0 Å². The Morgan fingerprint density at radius 1 is 1.40 bits per heavy atom. The van der Waals surface area contributed by atoms with Gasteiger partial charge in [-0.3, -0.25) is 4.79 Å². The molecule has 2 heterocycles. The summed E-state index contributed by atoms with van der Waals surface area (Å²) in [6.07, 6.45) is 2.00. The number of aryl methyl sites for hydroxylation is 1. The van der Waals surface area contributed by atoms with E-state index in [1.54, 1.807) is 17.5 Å². The topological polar surface area (TPSA) is 68.0 Å². The smallest absolute Gasteiger partial charge is 0.226 e. The van der Waals surface area contributed by atoms with Gasteiger partial charge in [0.05, 0.1) is 18.0 Å². The second-order valence-corrected chi connectivity index (χ2v) is 5.74. The summed E-state index contributed by atoms with van der Waals surface area (Å²) in [5, 5.41) is 8.70. The number of carbonyl (C=O) groups excluding carboxylic acids is 1. The van der Waals surface area contributed by atoms with Gasteiger partial charge in [0.25, 0.3) is 0 Å². The second kappa shape index (κ2) is 5.42. The first-order valence-corrected chi connectivity index (χ1v) is 7.05. The van der Waals surface area contributed by atoms with Gasteiger partial charge in [-0.25, -0.2) is 4.98 Å². The van der Waals surface area contributed by atoms with E-state index in [4.69, 9.17) is 4.52 Å². The van der Waals surface area contributed by atoms with Crippen LogP contribution in [0.15, 0.2) is 35.0 Å². The molecule has 2 aromatic heterocycles. The van der Waals surface area contributed by atoms with E-state index in [0.29, 0.717) is 17.8 Å². The second-order valence-electron chi connectivity index (χ2n) is 4.42. The maximum atomic E-state index is 11.9. The predicted octanol–water partition coefficient (Wildman–Crippen LogP) is 2.45. The summed E-state index contributed by atoms with van der Waals surface area (Å²) in [5.41, 5.74) is 1.37. The molecule has 3 aromatic rings. The van der Waals surface area contributed by atoms with Gasteiger partial charge in [0, 0.05) is 16.5 Å². The van der Waals surface area contributed by atoms with Gasteiger partial charge in [-0.15, -0.1) is 11.3 Å². The van der Waals surface area contributed by atoms with Gasteiger partial charge in [-0.2, -0.15) is 0 Å². The number of hydrogen-bond donors (Lipinski definition) is 1. The number of benzene rings is 1. The third-order valence-corrected chi connectivity index (χ3v) is 3.82. The molecule has 0 aliphatic rings. The van der Waals surface area contributed by atoms with Crippen LogP contribution in [0.5, 0.6) is 0 Å². The fraction of sp³-hybridized carbons (Fsp3) is 0.214. The fourth-order valence-electron chi connectivity index (χ4n) is 1.95. The lowest BCUT2D eigenvalue weighted by atomic mass is 10.1. The minimum Gasteiger partial charge on any atom is -0.356 e. The Kier molecular flexibility index (Phi) is 3.47. The Balaban J connectivity index is 1.64. The molecule has 20 heavy (non-hydrogen) atoms. The molecule has 0 bridgehead atoms. The zero-order valence-corrected chi connectivity index (χ0v) is 11.7. The number of para-hydroxylation sites is 1. The van der Waals surface area contributed by atoms with Crippen LogP contribution in [0.1, 0.15) is 15.6 Å². The zero-order valence-electron chi connectivity index (χ0n) is 10.9. The molecule has 0 spiro atoms. The minimum atomic E-state index is -0.0740. The van der Waals surface area contributed by atoms with Crippen LogP contribution in [-0.2, 0) is 17.8 Å². The Labute approximate surface area is 119 Å². The van der Waals surface area contributed by atoms with Crippen LogP contribution < -0.4 is 5.32 Å². The molecule has 0 aliphatic heterocycles. The van der Waals surface area contributed by atoms with Gasteiger partial charge in [-0.05, 0) is 19.1 Å². The number of rotatable bonds is 4. The van der Waals surface area contributed by atoms with Gasteiger partial charge in [0.2, 0.25) is 5.91 Å². The van der Waals surface area contributed by atoms with Crippen molar-refractivity contribution in [1.82, 2.24) is 15.5 Å². The summed E-state index contributed by atoms with van der Waals surface area (Å²) >= 11 is 1.58. The summed E-state index contributed by atoms with van der Waals surface area (Å²) in [5.74, 6) is -0.0740. The number of hydrogen-bond acceptors (Lipinski definition) is 5. The van der Waals surface area contributed by atoms with E-state index in [0.717, 1.165) is 15.3 Å². The molecule has 0 atom stereocenters. The van der Waals surface area contributed by atoms with E-state index < -0.39 is 0 Å². The molecule has 102 valence electrons. The summed E-state index contributed by atoms with van der Waals surface area (Å²) in [7, 11) is 0. The number of fused-ring (bicyclic) bond motifs is 1. The molecule has 0 fully saturated rings. The van der Waals surface area contributed by atoms with Gasteiger partial charge < -0.3 is 9.84 Å². The van der Waals surface area contributed by atoms with E-state index in [9.17, 15) is 4.79 Å². The van der Waals surface area contributed by atoms with E-state index in [-0.39, 0.29) is 12.3 Å². The highest BCUT2D eigenvalue weighted by atomic mass is 32.1. The minimum absolute atomic E-state index is 0.0740. The number of carbonyl (C=O) groups is 1. The Bertz CT molecular complexity index is 748. The van der Waals surface area contributed by atoms with E-state index in [1.165, 1.54) is 0 Å². The third-order valence-electron chi connectivity index (χ3n) is 2.91. The van der Waals surface area contributed by atoms with Crippen LogP contribution in [0.4, 0.5) is 0 Å². The van der Waals surface area contributed by atoms with Crippen molar-refractivity contribution < 1.29 is 9.32 Å². The number of thiazole rings is 1. The van der Waals surface area contributed by atoms with Crippen molar-refractivity contribution in [3.8, 4) is 0 Å². The Hall–Kier alpha value is -2.21. The van der Waals surface area contributed by atoms with Crippen LogP contribution in [0, 0.1) is 6.92 Å². The molecule has 5 nitrogen and oxygen atoms in total. The quantitative estimate of drug-likeness (QED) is 0.800. The third kappa shape index (κ3) is 2.70. The lowest BCUT2D eigenvalue weighted by molar-refractivity contribution is -0.120. The highest BCUT2D eigenvalue weighted by molar-refractivity contribution is 7.11. The van der Waals surface area contributed by atoms with Crippen molar-refractivity contribution in [1.29, 1.82) is 0 Å². The molecule has 3 rings (SSSR count). The number of aromatic nitrogens is 2. The summed E-state index contributed by atoms with van der Waals surface area (Å²) in [4.78, 5) is 17.1. The molecule has 1 aromatic carbocycles. The molecular weight excluding hydrogens is 274 g/mol. The monoisotopic (exact) mass is 287 g/mol. The van der Waals surface area contributed by atoms with E-state index >= 15 is 0 Å². The van der Waals surface area contributed by atoms with Crippen molar-refractivity contribution in [2.24, 2.45) is 0 Å². The average Bonchev–Trinajstić information content (AvgIpc) is 3.04. The van der Waals surface area contributed by atoms with Crippen molar-refractivity contribution in [3.05, 3.63) is 46.0 Å². The lowest BCUT2D eigenvalue weighted by Gasteiger charge is -2.01. The maximum absolute atomic E-state index is 11.9. The van der Waals surface area contributed by atoms with Crippen LogP contribution in [0.2, 0.25) is 0 Å². The number of nitrogens with zero attached hydrogens (tertiary/aromatic N) is 2. The summed E-state index contributed by atoms with van der Waals surface area (Å²) in [6.45, 7) is 2.44. The molecule has 0 unspecified atom stereocenters. The average molecular weight is 287 g/mol. The molecule has 0 radical (unpaired) electrons. The highest BCUT2D eigenvalue weighted by Gasteiger charge is 2.12. The largest absolute Gasteiger partial charge is 0.356 e. The number of nitrogens with one attached hydrogen (secondary N) is 1. The highest BCUT2D eigenvalue weighted by Crippen LogP contribution is 2.18. The summed E-state index contributed by atoms with van der Waals surface area (Å²) < 4.78 is 5.18. The molecule has 1 N–H and O–H groups in total. The van der Waals surface area contributed by atoms with Gasteiger partial charge in [0.1, 0.15) is 5.69 Å². The molecule has 0 saturated carbocycles. The molecule has 6 heteroatoms. The van der Waals surface area contributed by atoms with Crippen molar-refractivity contribution >= 4 is 28.2 Å². The van der Waals surface area contributed by atoms with Crippen LogP contribution in [-0.4, -0.2) is 16.0 Å². The Morgan fingerprint density at radius 2 is 2.25 bits per heavy atom. The summed E-state index contributed by atoms with van der Waals surface area (Å²) in [6, 6.07) is 7.52. The Morgan fingerprint density at radius 3 is 3.05 bits per heavy atom. The zero-order chi connectivity index (χ0) is 13.9. The first kappa shape index (κ1) is 12.8. The normalized spacial score (nSPS) is 10.8. The van der Waals surface area contributed by atoms with Gasteiger partial charge in [0.15, 0.2) is 5.58 Å². The molecule has 1 amide bonds. The van der Waals surface area contributed by atoms with Crippen molar-refractivity contribution in [3.63, 3.8) is 0 Å². The van der Waals surface area contributed by atoms with Crippen molar-refractivity contribution in [2.45, 2.75) is 19.9 Å². The SMILES string of the molecule is Cc1ncc(CNC(=O)Cc2noc3ccccc23)s1. The standard InChI is InChI=1S/C14H13N3O2S/c1-9-15-7-10(20-9)8-16-14(18)6-12-11-4-2-3-5-13(11)19-17-12/h2-5,7H,6,8H2,1H3,(H,16,18). The van der Waals surface area contributed by atoms with E-state index in [2.05, 4.69) is 15.5 Å².